The lowest BCUT2D eigenvalue weighted by atomic mass is 9.69. The Morgan fingerprint density at radius 1 is 1.38 bits per heavy atom. The van der Waals surface area contributed by atoms with Crippen LogP contribution in [0.4, 0.5) is 0 Å². The third kappa shape index (κ3) is 1.49. The SMILES string of the molecule is CCCC(=O)NC1C[C@H]2CC[C@@]1(C)C2(C)C. The molecule has 2 rings (SSSR count). The Morgan fingerprint density at radius 2 is 2.06 bits per heavy atom. The Morgan fingerprint density at radius 3 is 2.50 bits per heavy atom. The van der Waals surface area contributed by atoms with Crippen molar-refractivity contribution in [3.8, 4) is 0 Å². The Kier molecular flexibility index (Phi) is 2.80. The number of hydrogen-bond donors (Lipinski definition) is 1. The van der Waals surface area contributed by atoms with Gasteiger partial charge in [0.2, 0.25) is 5.91 Å². The first-order valence-corrected chi connectivity index (χ1v) is 6.71. The molecule has 16 heavy (non-hydrogen) atoms. The molecule has 0 aromatic rings. The Bertz CT molecular complexity index is 297. The molecule has 2 fully saturated rings. The molecule has 0 spiro atoms. The van der Waals surface area contributed by atoms with E-state index in [1.807, 2.05) is 0 Å². The fourth-order valence-corrected chi connectivity index (χ4v) is 3.92. The maximum Gasteiger partial charge on any atom is 0.220 e. The van der Waals surface area contributed by atoms with Crippen LogP contribution in [-0.4, -0.2) is 11.9 Å². The summed E-state index contributed by atoms with van der Waals surface area (Å²) in [5, 5.41) is 3.27. The van der Waals surface area contributed by atoms with E-state index in [0.29, 0.717) is 23.3 Å². The first-order valence-electron chi connectivity index (χ1n) is 6.71. The summed E-state index contributed by atoms with van der Waals surface area (Å²) < 4.78 is 0. The molecular weight excluding hydrogens is 198 g/mol. The van der Waals surface area contributed by atoms with E-state index in [1.54, 1.807) is 0 Å². The maximum absolute atomic E-state index is 11.7. The molecule has 2 saturated carbocycles. The van der Waals surface area contributed by atoms with Gasteiger partial charge in [-0.15, -0.1) is 0 Å². The van der Waals surface area contributed by atoms with Gasteiger partial charge in [0.05, 0.1) is 0 Å². The monoisotopic (exact) mass is 223 g/mol. The average Bonchev–Trinajstić information content (AvgIpc) is 2.51. The van der Waals surface area contributed by atoms with E-state index >= 15 is 0 Å². The van der Waals surface area contributed by atoms with E-state index in [-0.39, 0.29) is 5.91 Å². The summed E-state index contributed by atoms with van der Waals surface area (Å²) in [6.45, 7) is 9.20. The van der Waals surface area contributed by atoms with Crippen molar-refractivity contribution in [1.29, 1.82) is 0 Å². The van der Waals surface area contributed by atoms with Crippen molar-refractivity contribution in [1.82, 2.24) is 5.32 Å². The van der Waals surface area contributed by atoms with E-state index < -0.39 is 0 Å². The molecule has 1 N–H and O–H groups in total. The number of fused-ring (bicyclic) bond motifs is 2. The van der Waals surface area contributed by atoms with Crippen molar-refractivity contribution in [2.75, 3.05) is 0 Å². The van der Waals surface area contributed by atoms with Gasteiger partial charge in [-0.1, -0.05) is 27.7 Å². The van der Waals surface area contributed by atoms with Crippen LogP contribution in [0.2, 0.25) is 0 Å². The van der Waals surface area contributed by atoms with Crippen molar-refractivity contribution >= 4 is 5.91 Å². The second-order valence-corrected chi connectivity index (χ2v) is 6.48. The number of carbonyl (C=O) groups is 1. The van der Waals surface area contributed by atoms with Gasteiger partial charge in [0.25, 0.3) is 0 Å². The maximum atomic E-state index is 11.7. The van der Waals surface area contributed by atoms with E-state index in [9.17, 15) is 4.79 Å². The topological polar surface area (TPSA) is 29.1 Å². The van der Waals surface area contributed by atoms with Gasteiger partial charge in [0.1, 0.15) is 0 Å². The van der Waals surface area contributed by atoms with E-state index in [1.165, 1.54) is 19.3 Å². The van der Waals surface area contributed by atoms with E-state index in [2.05, 4.69) is 33.0 Å². The molecule has 0 heterocycles. The molecule has 0 aliphatic heterocycles. The fraction of sp³-hybridized carbons (Fsp3) is 0.929. The number of amides is 1. The fourth-order valence-electron chi connectivity index (χ4n) is 3.92. The van der Waals surface area contributed by atoms with Crippen LogP contribution < -0.4 is 5.32 Å². The quantitative estimate of drug-likeness (QED) is 0.782. The molecule has 1 unspecified atom stereocenters. The minimum atomic E-state index is 0.247. The van der Waals surface area contributed by atoms with Crippen LogP contribution >= 0.6 is 0 Å². The van der Waals surface area contributed by atoms with Crippen molar-refractivity contribution in [3.63, 3.8) is 0 Å². The molecule has 0 aromatic carbocycles. The Hall–Kier alpha value is -0.530. The molecule has 0 aromatic heterocycles. The number of carbonyl (C=O) groups excluding carboxylic acids is 1. The zero-order chi connectivity index (χ0) is 12.0. The Labute approximate surface area is 99.2 Å². The van der Waals surface area contributed by atoms with E-state index in [4.69, 9.17) is 0 Å². The lowest BCUT2D eigenvalue weighted by Gasteiger charge is -2.39. The number of nitrogens with one attached hydrogen (secondary N) is 1. The molecule has 2 heteroatoms. The standard InChI is InChI=1S/C14H25NO/c1-5-6-12(16)15-11-9-10-7-8-14(11,4)13(10,2)3/h10-11H,5-9H2,1-4H3,(H,15,16)/t10-,11?,14-/m1/s1. The van der Waals surface area contributed by atoms with Crippen molar-refractivity contribution in [3.05, 3.63) is 0 Å². The van der Waals surface area contributed by atoms with Crippen LogP contribution in [0.3, 0.4) is 0 Å². The van der Waals surface area contributed by atoms with Gasteiger partial charge in [-0.25, -0.2) is 0 Å². The summed E-state index contributed by atoms with van der Waals surface area (Å²) in [6.07, 6.45) is 5.45. The third-order valence-corrected chi connectivity index (χ3v) is 5.61. The first kappa shape index (κ1) is 11.9. The summed E-state index contributed by atoms with van der Waals surface area (Å²) in [7, 11) is 0. The van der Waals surface area contributed by atoms with Gasteiger partial charge in [-0.05, 0) is 42.4 Å². The molecule has 0 radical (unpaired) electrons. The van der Waals surface area contributed by atoms with Crippen molar-refractivity contribution in [2.45, 2.75) is 65.8 Å². The number of hydrogen-bond acceptors (Lipinski definition) is 1. The summed E-state index contributed by atoms with van der Waals surface area (Å²) in [4.78, 5) is 11.7. The second-order valence-electron chi connectivity index (χ2n) is 6.48. The van der Waals surface area contributed by atoms with Crippen LogP contribution in [0.15, 0.2) is 0 Å². The highest BCUT2D eigenvalue weighted by molar-refractivity contribution is 5.76. The molecule has 1 amide bonds. The highest BCUT2D eigenvalue weighted by Gasteiger charge is 2.61. The van der Waals surface area contributed by atoms with E-state index in [0.717, 1.165) is 12.3 Å². The van der Waals surface area contributed by atoms with Crippen LogP contribution in [0.5, 0.6) is 0 Å². The Balaban J connectivity index is 2.07. The molecule has 92 valence electrons. The lowest BCUT2D eigenvalue weighted by molar-refractivity contribution is -0.122. The van der Waals surface area contributed by atoms with Crippen molar-refractivity contribution in [2.24, 2.45) is 16.7 Å². The van der Waals surface area contributed by atoms with Gasteiger partial charge in [-0.3, -0.25) is 4.79 Å². The zero-order valence-electron chi connectivity index (χ0n) is 11.1. The summed E-state index contributed by atoms with van der Waals surface area (Å²) in [6, 6.07) is 0.417. The smallest absolute Gasteiger partial charge is 0.220 e. The zero-order valence-corrected chi connectivity index (χ0v) is 11.1. The van der Waals surface area contributed by atoms with Crippen LogP contribution in [-0.2, 0) is 4.79 Å². The second kappa shape index (κ2) is 3.75. The summed E-state index contributed by atoms with van der Waals surface area (Å²) in [5.41, 5.74) is 0.720. The van der Waals surface area contributed by atoms with Gasteiger partial charge < -0.3 is 5.32 Å². The minimum Gasteiger partial charge on any atom is -0.353 e. The largest absolute Gasteiger partial charge is 0.353 e. The predicted molar refractivity (Wildman–Crippen MR) is 66.1 cm³/mol. The van der Waals surface area contributed by atoms with Crippen molar-refractivity contribution < 1.29 is 4.79 Å². The predicted octanol–water partition coefficient (Wildman–Crippen LogP) is 3.12. The van der Waals surface area contributed by atoms with Crippen LogP contribution in [0.1, 0.15) is 59.8 Å². The first-order chi connectivity index (χ1) is 7.41. The molecule has 2 bridgehead atoms. The molecule has 2 nitrogen and oxygen atoms in total. The highest BCUT2D eigenvalue weighted by Crippen LogP contribution is 2.65. The highest BCUT2D eigenvalue weighted by atomic mass is 16.1. The average molecular weight is 223 g/mol. The third-order valence-electron chi connectivity index (χ3n) is 5.61. The minimum absolute atomic E-state index is 0.247. The summed E-state index contributed by atoms with van der Waals surface area (Å²) >= 11 is 0. The van der Waals surface area contributed by atoms with Crippen LogP contribution in [0.25, 0.3) is 0 Å². The normalized spacial score (nSPS) is 40.0. The van der Waals surface area contributed by atoms with Crippen LogP contribution in [0, 0.1) is 16.7 Å². The summed E-state index contributed by atoms with van der Waals surface area (Å²) in [5.74, 6) is 1.06. The van der Waals surface area contributed by atoms with Gasteiger partial charge >= 0.3 is 0 Å². The molecule has 2 aliphatic rings. The van der Waals surface area contributed by atoms with Gasteiger partial charge in [0, 0.05) is 12.5 Å². The number of rotatable bonds is 3. The molecular formula is C14H25NO. The lowest BCUT2D eigenvalue weighted by Crippen LogP contribution is -2.46. The molecule has 2 aliphatic carbocycles. The molecule has 3 atom stereocenters. The molecule has 0 saturated heterocycles. The van der Waals surface area contributed by atoms with Gasteiger partial charge in [0.15, 0.2) is 0 Å². The van der Waals surface area contributed by atoms with Gasteiger partial charge in [-0.2, -0.15) is 0 Å².